The zero-order chi connectivity index (χ0) is 28.0. The number of anilines is 1. The first-order valence-electron chi connectivity index (χ1n) is 13.9. The predicted octanol–water partition coefficient (Wildman–Crippen LogP) is 5.21. The summed E-state index contributed by atoms with van der Waals surface area (Å²) in [6.07, 6.45) is 7.86. The van der Waals surface area contributed by atoms with E-state index in [-0.39, 0.29) is 12.0 Å². The van der Waals surface area contributed by atoms with Gasteiger partial charge in [-0.15, -0.1) is 0 Å². The Morgan fingerprint density at radius 1 is 0.974 bits per heavy atom. The van der Waals surface area contributed by atoms with Crippen molar-refractivity contribution in [3.05, 3.63) is 52.1 Å². The number of hydrogen-bond donors (Lipinski definition) is 2. The van der Waals surface area contributed by atoms with Gasteiger partial charge in [0.1, 0.15) is 5.75 Å². The van der Waals surface area contributed by atoms with Crippen molar-refractivity contribution in [2.45, 2.75) is 101 Å². The lowest BCUT2D eigenvalue weighted by Crippen LogP contribution is -2.41. The van der Waals surface area contributed by atoms with E-state index < -0.39 is 27.3 Å². The summed E-state index contributed by atoms with van der Waals surface area (Å²) in [5, 5.41) is 2.90. The smallest absolute Gasteiger partial charge is 0.457 e. The van der Waals surface area contributed by atoms with Crippen LogP contribution in [0.3, 0.4) is 0 Å². The first-order valence-corrected chi connectivity index (χ1v) is 15.4. The van der Waals surface area contributed by atoms with Crippen molar-refractivity contribution in [3.63, 3.8) is 0 Å². The third-order valence-corrected chi connectivity index (χ3v) is 10.0. The summed E-state index contributed by atoms with van der Waals surface area (Å²) < 4.78 is 46.3. The zero-order valence-corrected chi connectivity index (χ0v) is 24.4. The lowest BCUT2D eigenvalue weighted by atomic mass is 9.82. The maximum Gasteiger partial charge on any atom is 0.457 e. The summed E-state index contributed by atoms with van der Waals surface area (Å²) in [4.78, 5) is 13.0. The average Bonchev–Trinajstić information content (AvgIpc) is 3.56. The van der Waals surface area contributed by atoms with E-state index in [2.05, 4.69) is 16.1 Å². The molecule has 2 aromatic carbocycles. The third-order valence-electron chi connectivity index (χ3n) is 8.69. The van der Waals surface area contributed by atoms with Gasteiger partial charge in [-0.1, -0.05) is 12.5 Å². The number of rotatable bonds is 8. The van der Waals surface area contributed by atoms with Gasteiger partial charge in [0.25, 0.3) is 10.0 Å². The number of benzene rings is 2. The Bertz CT molecular complexity index is 1340. The number of carbonyl (C=O) groups is 1. The van der Waals surface area contributed by atoms with Crippen LogP contribution in [0.1, 0.15) is 74.8 Å². The third kappa shape index (κ3) is 5.56. The maximum absolute atomic E-state index is 13.2. The minimum absolute atomic E-state index is 0.0209. The Hall–Kier alpha value is -2.56. The number of amides is 2. The van der Waals surface area contributed by atoms with E-state index in [0.29, 0.717) is 18.5 Å². The quantitative estimate of drug-likeness (QED) is 0.435. The molecule has 1 heterocycles. The van der Waals surface area contributed by atoms with Gasteiger partial charge in [-0.2, -0.15) is 0 Å². The molecule has 0 unspecified atom stereocenters. The van der Waals surface area contributed by atoms with Crippen LogP contribution in [0.5, 0.6) is 5.75 Å². The molecule has 39 heavy (non-hydrogen) atoms. The summed E-state index contributed by atoms with van der Waals surface area (Å²) in [6.45, 7) is 8.08. The summed E-state index contributed by atoms with van der Waals surface area (Å²) in [5.41, 5.74) is 5.61. The molecule has 0 saturated carbocycles. The number of fused-ring (bicyclic) bond motifs is 2. The van der Waals surface area contributed by atoms with Crippen LogP contribution in [0.25, 0.3) is 0 Å². The fourth-order valence-electron chi connectivity index (χ4n) is 5.95. The molecule has 0 radical (unpaired) electrons. The van der Waals surface area contributed by atoms with Crippen LogP contribution >= 0.6 is 0 Å². The highest BCUT2D eigenvalue weighted by Crippen LogP contribution is 2.39. The number of hydrogen-bond acceptors (Lipinski definition) is 6. The Balaban J connectivity index is 1.27. The fourth-order valence-corrected chi connectivity index (χ4v) is 6.90. The minimum Gasteiger partial charge on any atom is -0.496 e. The van der Waals surface area contributed by atoms with E-state index >= 15 is 0 Å². The summed E-state index contributed by atoms with van der Waals surface area (Å²) in [5.74, 6) is 0.600. The molecular formula is C29H39BN2O6S. The molecule has 210 valence electrons. The second kappa shape index (κ2) is 10.4. The van der Waals surface area contributed by atoms with Crippen molar-refractivity contribution in [2.24, 2.45) is 0 Å². The SMILES string of the molecule is COc1ccc(S(=O)(=O)NC(=O)Nc2c3c(cc4c2CCC4)CCC3)cc1CCCB1OC(C)(C)C(C)(C)O1. The van der Waals surface area contributed by atoms with Gasteiger partial charge in [-0.25, -0.2) is 17.9 Å². The Kier molecular flexibility index (Phi) is 7.50. The molecule has 1 saturated heterocycles. The van der Waals surface area contributed by atoms with Crippen LogP contribution in [0, 0.1) is 0 Å². The van der Waals surface area contributed by atoms with Crippen LogP contribution in [0.15, 0.2) is 29.2 Å². The Morgan fingerprint density at radius 3 is 2.18 bits per heavy atom. The molecule has 2 amide bonds. The molecule has 1 fully saturated rings. The summed E-state index contributed by atoms with van der Waals surface area (Å²) >= 11 is 0. The first kappa shape index (κ1) is 28.0. The first-order chi connectivity index (χ1) is 18.4. The number of aryl methyl sites for hydroxylation is 3. The lowest BCUT2D eigenvalue weighted by Gasteiger charge is -2.32. The standard InChI is InChI=1S/C29H39BN2O6S/c1-28(2)29(3,4)38-30(37-28)16-8-11-21-18-22(14-15-25(21)36-5)39(34,35)32-27(33)31-26-23-12-6-9-19(23)17-20-10-7-13-24(20)26/h14-15,17-18H,6-13,16H2,1-5H3,(H2,31,32,33). The van der Waals surface area contributed by atoms with Crippen LogP contribution in [0.4, 0.5) is 10.5 Å². The number of methoxy groups -OCH3 is 1. The van der Waals surface area contributed by atoms with Crippen molar-refractivity contribution in [1.82, 2.24) is 4.72 Å². The summed E-state index contributed by atoms with van der Waals surface area (Å²) in [7, 11) is -2.85. The molecule has 0 aromatic heterocycles. The van der Waals surface area contributed by atoms with Crippen molar-refractivity contribution in [2.75, 3.05) is 12.4 Å². The highest BCUT2D eigenvalue weighted by Gasteiger charge is 2.50. The molecule has 2 aliphatic carbocycles. The number of sulfonamides is 1. The van der Waals surface area contributed by atoms with E-state index in [1.807, 2.05) is 27.7 Å². The van der Waals surface area contributed by atoms with Crippen LogP contribution in [0.2, 0.25) is 6.32 Å². The van der Waals surface area contributed by atoms with Gasteiger partial charge in [-0.3, -0.25) is 0 Å². The van der Waals surface area contributed by atoms with Gasteiger partial charge in [0.05, 0.1) is 23.2 Å². The lowest BCUT2D eigenvalue weighted by molar-refractivity contribution is 0.00578. The van der Waals surface area contributed by atoms with Gasteiger partial charge < -0.3 is 19.4 Å². The number of nitrogens with one attached hydrogen (secondary N) is 2. The maximum atomic E-state index is 13.2. The average molecular weight is 555 g/mol. The molecule has 0 spiro atoms. The Labute approximate surface area is 232 Å². The van der Waals surface area contributed by atoms with Crippen molar-refractivity contribution in [3.8, 4) is 5.75 Å². The van der Waals surface area contributed by atoms with Gasteiger partial charge in [0, 0.05) is 5.69 Å². The normalized spacial score (nSPS) is 19.1. The second-order valence-corrected chi connectivity index (χ2v) is 13.5. The topological polar surface area (TPSA) is 103 Å². The van der Waals surface area contributed by atoms with Crippen molar-refractivity contribution in [1.29, 1.82) is 0 Å². The van der Waals surface area contributed by atoms with Gasteiger partial charge in [0.2, 0.25) is 0 Å². The minimum atomic E-state index is -4.09. The van der Waals surface area contributed by atoms with Crippen LogP contribution in [-0.4, -0.2) is 39.9 Å². The predicted molar refractivity (Wildman–Crippen MR) is 152 cm³/mol. The fraction of sp³-hybridized carbons (Fsp3) is 0.552. The van der Waals surface area contributed by atoms with E-state index in [4.69, 9.17) is 14.0 Å². The molecule has 0 bridgehead atoms. The van der Waals surface area contributed by atoms with Crippen LogP contribution in [-0.2, 0) is 51.4 Å². The van der Waals surface area contributed by atoms with Gasteiger partial charge in [-0.05, 0) is 125 Å². The van der Waals surface area contributed by atoms with E-state index in [1.54, 1.807) is 19.2 Å². The molecule has 10 heteroatoms. The highest BCUT2D eigenvalue weighted by molar-refractivity contribution is 7.90. The Morgan fingerprint density at radius 2 is 1.59 bits per heavy atom. The highest BCUT2D eigenvalue weighted by atomic mass is 32.2. The van der Waals surface area contributed by atoms with Crippen LogP contribution < -0.4 is 14.8 Å². The molecular weight excluding hydrogens is 515 g/mol. The van der Waals surface area contributed by atoms with E-state index in [1.165, 1.54) is 17.2 Å². The monoisotopic (exact) mass is 554 g/mol. The van der Waals surface area contributed by atoms with Crippen molar-refractivity contribution >= 4 is 28.9 Å². The number of ether oxygens (including phenoxy) is 1. The molecule has 0 atom stereocenters. The largest absolute Gasteiger partial charge is 0.496 e. The molecule has 1 aliphatic heterocycles. The molecule has 5 rings (SSSR count). The number of carbonyl (C=O) groups excluding carboxylic acids is 1. The molecule has 3 aliphatic rings. The zero-order valence-electron chi connectivity index (χ0n) is 23.6. The second-order valence-electron chi connectivity index (χ2n) is 11.8. The van der Waals surface area contributed by atoms with Crippen molar-refractivity contribution < 1.29 is 27.3 Å². The van der Waals surface area contributed by atoms with E-state index in [0.717, 1.165) is 67.3 Å². The summed E-state index contributed by atoms with van der Waals surface area (Å²) in [6, 6.07) is 6.21. The molecule has 2 aromatic rings. The molecule has 8 nitrogen and oxygen atoms in total. The van der Waals surface area contributed by atoms with Gasteiger partial charge in [0.15, 0.2) is 0 Å². The number of urea groups is 1. The van der Waals surface area contributed by atoms with E-state index in [9.17, 15) is 13.2 Å². The van der Waals surface area contributed by atoms with Gasteiger partial charge >= 0.3 is 13.1 Å². The molecule has 2 N–H and O–H groups in total.